The Bertz CT molecular complexity index is 526. The van der Waals surface area contributed by atoms with E-state index >= 15 is 0 Å². The number of rotatable bonds is 6. The lowest BCUT2D eigenvalue weighted by atomic mass is 10.2. The predicted octanol–water partition coefficient (Wildman–Crippen LogP) is 3.43. The Labute approximate surface area is 114 Å². The SMILES string of the molecule is Cc1ccccc1OCCCOc1cccc(N)c1. The summed E-state index contributed by atoms with van der Waals surface area (Å²) in [6, 6.07) is 15.5. The maximum Gasteiger partial charge on any atom is 0.122 e. The van der Waals surface area contributed by atoms with Crippen molar-refractivity contribution in [2.45, 2.75) is 13.3 Å². The first-order valence-electron chi connectivity index (χ1n) is 6.42. The lowest BCUT2D eigenvalue weighted by Crippen LogP contribution is -2.05. The second-order valence-electron chi connectivity index (χ2n) is 4.39. The van der Waals surface area contributed by atoms with Crippen molar-refractivity contribution in [3.05, 3.63) is 54.1 Å². The molecule has 0 aliphatic rings. The third-order valence-electron chi connectivity index (χ3n) is 2.77. The summed E-state index contributed by atoms with van der Waals surface area (Å²) in [6.07, 6.45) is 0.836. The molecular formula is C16H19NO2. The summed E-state index contributed by atoms with van der Waals surface area (Å²) >= 11 is 0. The van der Waals surface area contributed by atoms with E-state index in [1.54, 1.807) is 0 Å². The van der Waals surface area contributed by atoms with E-state index in [1.165, 1.54) is 0 Å². The van der Waals surface area contributed by atoms with Gasteiger partial charge in [-0.15, -0.1) is 0 Å². The van der Waals surface area contributed by atoms with Gasteiger partial charge in [-0.3, -0.25) is 0 Å². The molecule has 0 aliphatic carbocycles. The van der Waals surface area contributed by atoms with Crippen molar-refractivity contribution in [1.82, 2.24) is 0 Å². The first kappa shape index (κ1) is 13.3. The molecule has 0 aromatic heterocycles. The number of hydrogen-bond donors (Lipinski definition) is 1. The Morgan fingerprint density at radius 3 is 2.53 bits per heavy atom. The highest BCUT2D eigenvalue weighted by atomic mass is 16.5. The molecule has 0 fully saturated rings. The van der Waals surface area contributed by atoms with E-state index in [9.17, 15) is 0 Å². The molecule has 0 atom stereocenters. The van der Waals surface area contributed by atoms with Gasteiger partial charge in [0, 0.05) is 18.2 Å². The number of nitrogen functional groups attached to an aromatic ring is 1. The minimum atomic E-state index is 0.620. The Hall–Kier alpha value is -2.16. The van der Waals surface area contributed by atoms with Crippen LogP contribution in [0.2, 0.25) is 0 Å². The second-order valence-corrected chi connectivity index (χ2v) is 4.39. The summed E-state index contributed by atoms with van der Waals surface area (Å²) in [6.45, 7) is 3.31. The van der Waals surface area contributed by atoms with Crippen LogP contribution in [0.1, 0.15) is 12.0 Å². The number of hydrogen-bond acceptors (Lipinski definition) is 3. The van der Waals surface area contributed by atoms with Crippen LogP contribution in [0, 0.1) is 6.92 Å². The molecule has 2 rings (SSSR count). The Kier molecular flexibility index (Phi) is 4.67. The van der Waals surface area contributed by atoms with Crippen molar-refractivity contribution in [3.63, 3.8) is 0 Å². The van der Waals surface area contributed by atoms with Gasteiger partial charge in [0.1, 0.15) is 11.5 Å². The molecule has 100 valence electrons. The van der Waals surface area contributed by atoms with Crippen LogP contribution >= 0.6 is 0 Å². The van der Waals surface area contributed by atoms with Gasteiger partial charge in [-0.05, 0) is 30.7 Å². The summed E-state index contributed by atoms with van der Waals surface area (Å²) < 4.78 is 11.3. The Morgan fingerprint density at radius 1 is 0.947 bits per heavy atom. The average Bonchev–Trinajstić information content (AvgIpc) is 2.40. The minimum Gasteiger partial charge on any atom is -0.493 e. The Morgan fingerprint density at radius 2 is 1.74 bits per heavy atom. The predicted molar refractivity (Wildman–Crippen MR) is 77.6 cm³/mol. The molecule has 2 aromatic rings. The highest BCUT2D eigenvalue weighted by Crippen LogP contribution is 2.17. The molecule has 0 radical (unpaired) electrons. The van der Waals surface area contributed by atoms with E-state index in [4.69, 9.17) is 15.2 Å². The topological polar surface area (TPSA) is 44.5 Å². The van der Waals surface area contributed by atoms with Crippen LogP contribution in [-0.4, -0.2) is 13.2 Å². The van der Waals surface area contributed by atoms with Gasteiger partial charge in [-0.1, -0.05) is 24.3 Å². The van der Waals surface area contributed by atoms with Gasteiger partial charge in [0.05, 0.1) is 13.2 Å². The molecule has 0 amide bonds. The van der Waals surface area contributed by atoms with Crippen LogP contribution in [0.5, 0.6) is 11.5 Å². The molecule has 0 bridgehead atoms. The van der Waals surface area contributed by atoms with E-state index in [1.807, 2.05) is 55.5 Å². The second kappa shape index (κ2) is 6.69. The van der Waals surface area contributed by atoms with Crippen molar-refractivity contribution < 1.29 is 9.47 Å². The number of para-hydroxylation sites is 1. The number of anilines is 1. The summed E-state index contributed by atoms with van der Waals surface area (Å²) in [5.41, 5.74) is 7.55. The molecule has 19 heavy (non-hydrogen) atoms. The molecule has 2 N–H and O–H groups in total. The van der Waals surface area contributed by atoms with E-state index in [0.717, 1.165) is 23.5 Å². The van der Waals surface area contributed by atoms with Crippen LogP contribution in [0.25, 0.3) is 0 Å². The third kappa shape index (κ3) is 4.21. The lowest BCUT2D eigenvalue weighted by Gasteiger charge is -2.09. The number of ether oxygens (including phenoxy) is 2. The number of benzene rings is 2. The molecule has 3 nitrogen and oxygen atoms in total. The molecule has 0 aliphatic heterocycles. The van der Waals surface area contributed by atoms with Crippen molar-refractivity contribution in [3.8, 4) is 11.5 Å². The molecule has 0 unspecified atom stereocenters. The summed E-state index contributed by atoms with van der Waals surface area (Å²) in [7, 11) is 0. The highest BCUT2D eigenvalue weighted by molar-refractivity contribution is 5.43. The Balaban J connectivity index is 1.69. The van der Waals surface area contributed by atoms with Crippen LogP contribution in [0.15, 0.2) is 48.5 Å². The van der Waals surface area contributed by atoms with Crippen LogP contribution in [-0.2, 0) is 0 Å². The summed E-state index contributed by atoms with van der Waals surface area (Å²) in [5.74, 6) is 1.74. The number of nitrogens with two attached hydrogens (primary N) is 1. The monoisotopic (exact) mass is 257 g/mol. The van der Waals surface area contributed by atoms with Crippen molar-refractivity contribution in [2.75, 3.05) is 18.9 Å². The molecule has 3 heteroatoms. The van der Waals surface area contributed by atoms with Gasteiger partial charge in [-0.25, -0.2) is 0 Å². The van der Waals surface area contributed by atoms with E-state index in [2.05, 4.69) is 0 Å². The van der Waals surface area contributed by atoms with E-state index < -0.39 is 0 Å². The largest absolute Gasteiger partial charge is 0.493 e. The molecule has 0 spiro atoms. The molecule has 0 saturated heterocycles. The molecule has 0 heterocycles. The first-order valence-corrected chi connectivity index (χ1v) is 6.42. The zero-order valence-corrected chi connectivity index (χ0v) is 11.1. The standard InChI is InChI=1S/C16H19NO2/c1-13-6-2-3-9-16(13)19-11-5-10-18-15-8-4-7-14(17)12-15/h2-4,6-9,12H,5,10-11,17H2,1H3. The van der Waals surface area contributed by atoms with Gasteiger partial charge in [0.25, 0.3) is 0 Å². The maximum absolute atomic E-state index is 5.69. The third-order valence-corrected chi connectivity index (χ3v) is 2.77. The fourth-order valence-corrected chi connectivity index (χ4v) is 1.75. The molecule has 0 saturated carbocycles. The van der Waals surface area contributed by atoms with Gasteiger partial charge in [-0.2, -0.15) is 0 Å². The van der Waals surface area contributed by atoms with Crippen molar-refractivity contribution in [1.29, 1.82) is 0 Å². The van der Waals surface area contributed by atoms with Gasteiger partial charge >= 0.3 is 0 Å². The molecular weight excluding hydrogens is 238 g/mol. The number of aryl methyl sites for hydroxylation is 1. The van der Waals surface area contributed by atoms with Crippen molar-refractivity contribution in [2.24, 2.45) is 0 Å². The lowest BCUT2D eigenvalue weighted by molar-refractivity contribution is 0.246. The van der Waals surface area contributed by atoms with Gasteiger partial charge in [0.2, 0.25) is 0 Å². The summed E-state index contributed by atoms with van der Waals surface area (Å²) in [4.78, 5) is 0. The smallest absolute Gasteiger partial charge is 0.122 e. The zero-order chi connectivity index (χ0) is 13.5. The van der Waals surface area contributed by atoms with Gasteiger partial charge in [0.15, 0.2) is 0 Å². The van der Waals surface area contributed by atoms with Crippen molar-refractivity contribution >= 4 is 5.69 Å². The average molecular weight is 257 g/mol. The first-order chi connectivity index (χ1) is 9.25. The quantitative estimate of drug-likeness (QED) is 0.637. The fraction of sp³-hybridized carbons (Fsp3) is 0.250. The van der Waals surface area contributed by atoms with Gasteiger partial charge < -0.3 is 15.2 Å². The minimum absolute atomic E-state index is 0.620. The highest BCUT2D eigenvalue weighted by Gasteiger charge is 1.98. The van der Waals surface area contributed by atoms with Crippen LogP contribution in [0.4, 0.5) is 5.69 Å². The maximum atomic E-state index is 5.69. The van der Waals surface area contributed by atoms with Crippen LogP contribution < -0.4 is 15.2 Å². The normalized spacial score (nSPS) is 10.2. The van der Waals surface area contributed by atoms with Crippen LogP contribution in [0.3, 0.4) is 0 Å². The fourth-order valence-electron chi connectivity index (χ4n) is 1.75. The molecule has 2 aromatic carbocycles. The zero-order valence-electron chi connectivity index (χ0n) is 11.1. The van der Waals surface area contributed by atoms with E-state index in [-0.39, 0.29) is 0 Å². The van der Waals surface area contributed by atoms with E-state index in [0.29, 0.717) is 18.9 Å². The summed E-state index contributed by atoms with van der Waals surface area (Å²) in [5, 5.41) is 0.